The standard InChI is InChI=1S/C7H10ClN3O3/c1-4-3-10(5(8)12)7(14)11(4)6(13)9-2/h4H,3H2,1-2H3,(H,9,13). The van der Waals surface area contributed by atoms with Crippen LogP contribution in [0.1, 0.15) is 6.92 Å². The SMILES string of the molecule is CNC(=O)N1C(=O)N(C(=O)Cl)CC1C. The summed E-state index contributed by atoms with van der Waals surface area (Å²) in [6, 6.07) is -1.58. The van der Waals surface area contributed by atoms with E-state index in [1.54, 1.807) is 6.92 Å². The van der Waals surface area contributed by atoms with E-state index in [1.165, 1.54) is 7.05 Å². The van der Waals surface area contributed by atoms with Gasteiger partial charge in [0.05, 0.1) is 12.6 Å². The zero-order valence-electron chi connectivity index (χ0n) is 7.78. The zero-order chi connectivity index (χ0) is 10.9. The van der Waals surface area contributed by atoms with Crippen molar-refractivity contribution in [1.29, 1.82) is 0 Å². The first-order valence-electron chi connectivity index (χ1n) is 4.01. The van der Waals surface area contributed by atoms with Gasteiger partial charge in [-0.05, 0) is 18.5 Å². The molecule has 1 atom stereocenters. The third-order valence-electron chi connectivity index (χ3n) is 1.97. The Kier molecular flexibility index (Phi) is 2.95. The van der Waals surface area contributed by atoms with Crippen LogP contribution in [0.2, 0.25) is 0 Å². The lowest BCUT2D eigenvalue weighted by Gasteiger charge is -2.16. The minimum Gasteiger partial charge on any atom is -0.341 e. The molecular formula is C7H10ClN3O3. The number of halogens is 1. The minimum absolute atomic E-state index is 0.134. The van der Waals surface area contributed by atoms with Gasteiger partial charge >= 0.3 is 17.4 Å². The molecule has 14 heavy (non-hydrogen) atoms. The molecular weight excluding hydrogens is 210 g/mol. The van der Waals surface area contributed by atoms with Crippen LogP contribution in [0, 0.1) is 0 Å². The zero-order valence-corrected chi connectivity index (χ0v) is 8.54. The van der Waals surface area contributed by atoms with E-state index in [9.17, 15) is 14.4 Å². The van der Waals surface area contributed by atoms with E-state index in [0.29, 0.717) is 0 Å². The first-order valence-corrected chi connectivity index (χ1v) is 4.38. The Balaban J connectivity index is 2.85. The van der Waals surface area contributed by atoms with E-state index in [-0.39, 0.29) is 12.6 Å². The molecule has 1 aliphatic rings. The van der Waals surface area contributed by atoms with Crippen LogP contribution in [0.25, 0.3) is 0 Å². The van der Waals surface area contributed by atoms with Gasteiger partial charge in [0, 0.05) is 7.05 Å². The Morgan fingerprint density at radius 2 is 2.14 bits per heavy atom. The maximum atomic E-state index is 11.4. The Hall–Kier alpha value is -1.30. The van der Waals surface area contributed by atoms with E-state index < -0.39 is 17.4 Å². The highest BCUT2D eigenvalue weighted by Crippen LogP contribution is 2.17. The van der Waals surface area contributed by atoms with Gasteiger partial charge in [0.2, 0.25) is 0 Å². The molecule has 78 valence electrons. The average Bonchev–Trinajstić information content (AvgIpc) is 2.41. The van der Waals surface area contributed by atoms with Crippen molar-refractivity contribution in [3.05, 3.63) is 0 Å². The van der Waals surface area contributed by atoms with Gasteiger partial charge in [-0.15, -0.1) is 0 Å². The molecule has 0 bridgehead atoms. The second-order valence-electron chi connectivity index (χ2n) is 2.92. The van der Waals surface area contributed by atoms with Crippen molar-refractivity contribution in [3.63, 3.8) is 0 Å². The van der Waals surface area contributed by atoms with Gasteiger partial charge < -0.3 is 5.32 Å². The minimum atomic E-state index is -0.867. The second-order valence-corrected chi connectivity index (χ2v) is 3.24. The average molecular weight is 220 g/mol. The van der Waals surface area contributed by atoms with Crippen LogP contribution < -0.4 is 5.32 Å². The van der Waals surface area contributed by atoms with Gasteiger partial charge in [-0.1, -0.05) is 0 Å². The summed E-state index contributed by atoms with van der Waals surface area (Å²) in [6.07, 6.45) is 0. The molecule has 0 radical (unpaired) electrons. The summed E-state index contributed by atoms with van der Waals surface area (Å²) in [4.78, 5) is 35.2. The summed E-state index contributed by atoms with van der Waals surface area (Å²) in [5.41, 5.74) is 0. The van der Waals surface area contributed by atoms with Crippen LogP contribution in [-0.4, -0.2) is 46.9 Å². The smallest absolute Gasteiger partial charge is 0.336 e. The molecule has 5 amide bonds. The van der Waals surface area contributed by atoms with Gasteiger partial charge in [0.25, 0.3) is 0 Å². The molecule has 7 heteroatoms. The lowest BCUT2D eigenvalue weighted by atomic mass is 10.3. The number of nitrogens with zero attached hydrogens (tertiary/aromatic N) is 2. The maximum Gasteiger partial charge on any atom is 0.336 e. The molecule has 1 aliphatic heterocycles. The lowest BCUT2D eigenvalue weighted by Crippen LogP contribution is -2.44. The van der Waals surface area contributed by atoms with Crippen LogP contribution in [0.5, 0.6) is 0 Å². The topological polar surface area (TPSA) is 69.7 Å². The molecule has 0 saturated carbocycles. The van der Waals surface area contributed by atoms with E-state index in [0.717, 1.165) is 9.80 Å². The fourth-order valence-corrected chi connectivity index (χ4v) is 1.44. The van der Waals surface area contributed by atoms with Crippen molar-refractivity contribution in [3.8, 4) is 0 Å². The number of hydrogen-bond donors (Lipinski definition) is 1. The van der Waals surface area contributed by atoms with Crippen molar-refractivity contribution in [2.45, 2.75) is 13.0 Å². The molecule has 0 aromatic carbocycles. The van der Waals surface area contributed by atoms with Crippen molar-refractivity contribution < 1.29 is 14.4 Å². The fourth-order valence-electron chi connectivity index (χ4n) is 1.30. The molecule has 1 unspecified atom stereocenters. The molecule has 1 saturated heterocycles. The van der Waals surface area contributed by atoms with Gasteiger partial charge in [-0.25, -0.2) is 19.4 Å². The molecule has 0 aromatic rings. The number of nitrogens with one attached hydrogen (secondary N) is 1. The summed E-state index contributed by atoms with van der Waals surface area (Å²) < 4.78 is 0. The van der Waals surface area contributed by atoms with Crippen LogP contribution in [0.4, 0.5) is 14.4 Å². The number of urea groups is 2. The molecule has 6 nitrogen and oxygen atoms in total. The normalized spacial score (nSPS) is 21.4. The van der Waals surface area contributed by atoms with Crippen molar-refractivity contribution in [2.75, 3.05) is 13.6 Å². The first kappa shape index (κ1) is 10.8. The largest absolute Gasteiger partial charge is 0.341 e. The number of carbonyl (C=O) groups is 3. The van der Waals surface area contributed by atoms with Crippen LogP contribution in [0.15, 0.2) is 0 Å². The summed E-state index contributed by atoms with van der Waals surface area (Å²) in [5, 5.41) is 1.44. The lowest BCUT2D eigenvalue weighted by molar-refractivity contribution is 0.183. The highest BCUT2D eigenvalue weighted by Gasteiger charge is 2.41. The Morgan fingerprint density at radius 1 is 1.57 bits per heavy atom. The van der Waals surface area contributed by atoms with Crippen molar-refractivity contribution in [2.24, 2.45) is 0 Å². The summed E-state index contributed by atoms with van der Waals surface area (Å²) in [6.45, 7) is 1.79. The number of rotatable bonds is 0. The highest BCUT2D eigenvalue weighted by molar-refractivity contribution is 6.64. The monoisotopic (exact) mass is 219 g/mol. The van der Waals surface area contributed by atoms with Crippen LogP contribution in [0.3, 0.4) is 0 Å². The maximum absolute atomic E-state index is 11.4. The molecule has 0 spiro atoms. The van der Waals surface area contributed by atoms with Crippen molar-refractivity contribution in [1.82, 2.24) is 15.1 Å². The predicted molar refractivity (Wildman–Crippen MR) is 49.1 cm³/mol. The molecule has 0 aromatic heterocycles. The number of hydrogen-bond acceptors (Lipinski definition) is 3. The van der Waals surface area contributed by atoms with E-state index in [4.69, 9.17) is 11.6 Å². The predicted octanol–water partition coefficient (Wildman–Crippen LogP) is 0.811. The first-order chi connectivity index (χ1) is 6.49. The molecule has 0 aliphatic carbocycles. The van der Waals surface area contributed by atoms with Crippen LogP contribution in [-0.2, 0) is 0 Å². The van der Waals surface area contributed by atoms with E-state index in [1.807, 2.05) is 0 Å². The van der Waals surface area contributed by atoms with E-state index >= 15 is 0 Å². The Labute approximate surface area is 85.8 Å². The molecule has 1 heterocycles. The summed E-state index contributed by atoms with van der Waals surface area (Å²) in [5.74, 6) is 0. The molecule has 1 rings (SSSR count). The quantitative estimate of drug-likeness (QED) is 0.484. The molecule has 1 N–H and O–H groups in total. The van der Waals surface area contributed by atoms with Crippen LogP contribution >= 0.6 is 11.6 Å². The molecule has 1 fully saturated rings. The second kappa shape index (κ2) is 3.83. The Bertz CT molecular complexity index is 294. The number of imide groups is 2. The number of amides is 5. The van der Waals surface area contributed by atoms with E-state index in [2.05, 4.69) is 5.32 Å². The van der Waals surface area contributed by atoms with Gasteiger partial charge in [-0.3, -0.25) is 4.79 Å². The fraction of sp³-hybridized carbons (Fsp3) is 0.571. The van der Waals surface area contributed by atoms with Gasteiger partial charge in [0.1, 0.15) is 0 Å². The number of carbonyl (C=O) groups excluding carboxylic acids is 3. The van der Waals surface area contributed by atoms with Gasteiger partial charge in [0.15, 0.2) is 0 Å². The highest BCUT2D eigenvalue weighted by atomic mass is 35.5. The Morgan fingerprint density at radius 3 is 2.50 bits per heavy atom. The third-order valence-corrected chi connectivity index (χ3v) is 2.17. The summed E-state index contributed by atoms with van der Waals surface area (Å²) in [7, 11) is 1.41. The van der Waals surface area contributed by atoms with Crippen molar-refractivity contribution >= 4 is 29.0 Å². The third kappa shape index (κ3) is 1.65. The van der Waals surface area contributed by atoms with Gasteiger partial charge in [-0.2, -0.15) is 0 Å². The summed E-state index contributed by atoms with van der Waals surface area (Å²) >= 11 is 5.17.